The first kappa shape index (κ1) is 30.5. The highest BCUT2D eigenvalue weighted by atomic mass is 35.5. The number of carbonyl (C=O) groups excluding carboxylic acids is 2. The van der Waals surface area contributed by atoms with Gasteiger partial charge in [-0.15, -0.1) is 0 Å². The van der Waals surface area contributed by atoms with E-state index in [1.807, 2.05) is 30.3 Å². The van der Waals surface area contributed by atoms with Gasteiger partial charge in [-0.05, 0) is 60.4 Å². The van der Waals surface area contributed by atoms with Gasteiger partial charge in [-0.25, -0.2) is 12.8 Å². The fourth-order valence-electron chi connectivity index (χ4n) is 5.15. The van der Waals surface area contributed by atoms with E-state index >= 15 is 0 Å². The zero-order chi connectivity index (χ0) is 29.4. The molecule has 0 radical (unpaired) electrons. The maximum Gasteiger partial charge on any atom is 0.244 e. The number of amides is 2. The number of nitrogens with one attached hydrogen (secondary N) is 1. The van der Waals surface area contributed by atoms with Crippen LogP contribution in [-0.4, -0.2) is 50.0 Å². The quantitative estimate of drug-likeness (QED) is 0.323. The lowest BCUT2D eigenvalue weighted by molar-refractivity contribution is -0.140. The Morgan fingerprint density at radius 3 is 2.24 bits per heavy atom. The summed E-state index contributed by atoms with van der Waals surface area (Å²) in [6.07, 6.45) is 6.16. The molecule has 1 atom stereocenters. The molecule has 0 heterocycles. The zero-order valence-electron chi connectivity index (χ0n) is 23.0. The van der Waals surface area contributed by atoms with Crippen molar-refractivity contribution < 1.29 is 22.4 Å². The molecule has 0 aliphatic heterocycles. The Labute approximate surface area is 246 Å². The van der Waals surface area contributed by atoms with Gasteiger partial charge >= 0.3 is 0 Å². The van der Waals surface area contributed by atoms with E-state index in [2.05, 4.69) is 5.32 Å². The number of halogens is 2. The highest BCUT2D eigenvalue weighted by molar-refractivity contribution is 7.92. The molecular formula is C31H35ClFN3O4S. The van der Waals surface area contributed by atoms with Crippen LogP contribution in [0.2, 0.25) is 5.02 Å². The predicted octanol–water partition coefficient (Wildman–Crippen LogP) is 5.33. The Kier molecular flexibility index (Phi) is 10.4. The van der Waals surface area contributed by atoms with Crippen LogP contribution in [0.4, 0.5) is 10.1 Å². The predicted molar refractivity (Wildman–Crippen MR) is 160 cm³/mol. The number of benzene rings is 3. The maximum absolute atomic E-state index is 14.1. The molecule has 218 valence electrons. The summed E-state index contributed by atoms with van der Waals surface area (Å²) in [5.41, 5.74) is 1.71. The molecule has 7 nitrogen and oxygen atoms in total. The van der Waals surface area contributed by atoms with Gasteiger partial charge in [-0.3, -0.25) is 13.9 Å². The molecule has 41 heavy (non-hydrogen) atoms. The van der Waals surface area contributed by atoms with Gasteiger partial charge in [0.2, 0.25) is 21.8 Å². The van der Waals surface area contributed by atoms with Crippen molar-refractivity contribution in [3.63, 3.8) is 0 Å². The first-order chi connectivity index (χ1) is 19.6. The van der Waals surface area contributed by atoms with Gasteiger partial charge in [0.05, 0.1) is 11.9 Å². The first-order valence-corrected chi connectivity index (χ1v) is 15.9. The minimum absolute atomic E-state index is 0.0179. The van der Waals surface area contributed by atoms with Crippen LogP contribution in [0.1, 0.15) is 43.2 Å². The summed E-state index contributed by atoms with van der Waals surface area (Å²) in [6.45, 7) is -0.525. The average Bonchev–Trinajstić information content (AvgIpc) is 2.94. The maximum atomic E-state index is 14.1. The van der Waals surface area contributed by atoms with Crippen molar-refractivity contribution in [1.29, 1.82) is 0 Å². The van der Waals surface area contributed by atoms with Crippen molar-refractivity contribution in [3.8, 4) is 0 Å². The SMILES string of the molecule is CS(=O)(=O)N(CC(=O)N(Cc1cccc(Cl)c1)C(Cc1ccccc1)C(=O)NC1CCCCC1)c1ccc(F)cc1. The topological polar surface area (TPSA) is 86.8 Å². The second-order valence-electron chi connectivity index (χ2n) is 10.4. The van der Waals surface area contributed by atoms with Crippen LogP contribution < -0.4 is 9.62 Å². The summed E-state index contributed by atoms with van der Waals surface area (Å²) < 4.78 is 40.1. The summed E-state index contributed by atoms with van der Waals surface area (Å²) in [6, 6.07) is 20.4. The number of anilines is 1. The van der Waals surface area contributed by atoms with Crippen LogP contribution in [-0.2, 0) is 32.6 Å². The minimum atomic E-state index is -3.92. The van der Waals surface area contributed by atoms with Crippen LogP contribution in [0.25, 0.3) is 0 Å². The lowest BCUT2D eigenvalue weighted by Crippen LogP contribution is -2.55. The van der Waals surface area contributed by atoms with Crippen LogP contribution in [0.15, 0.2) is 78.9 Å². The molecule has 1 aliphatic rings. The molecule has 0 bridgehead atoms. The number of rotatable bonds is 11. The molecule has 1 N–H and O–H groups in total. The summed E-state index contributed by atoms with van der Waals surface area (Å²) in [5.74, 6) is -1.39. The van der Waals surface area contributed by atoms with E-state index in [0.29, 0.717) is 10.6 Å². The Hall–Kier alpha value is -3.43. The Morgan fingerprint density at radius 2 is 1.61 bits per heavy atom. The number of carbonyl (C=O) groups is 2. The second-order valence-corrected chi connectivity index (χ2v) is 12.8. The molecule has 1 aliphatic carbocycles. The molecule has 10 heteroatoms. The number of hydrogen-bond donors (Lipinski definition) is 1. The van der Waals surface area contributed by atoms with Gasteiger partial charge in [-0.2, -0.15) is 0 Å². The number of nitrogens with zero attached hydrogens (tertiary/aromatic N) is 2. The molecule has 0 aromatic heterocycles. The van der Waals surface area contributed by atoms with E-state index in [9.17, 15) is 22.4 Å². The van der Waals surface area contributed by atoms with Crippen molar-refractivity contribution in [3.05, 3.63) is 101 Å². The van der Waals surface area contributed by atoms with E-state index < -0.39 is 34.3 Å². The Bertz CT molecular complexity index is 1430. The normalized spacial score (nSPS) is 14.7. The molecule has 1 unspecified atom stereocenters. The molecule has 4 rings (SSSR count). The molecule has 3 aromatic rings. The zero-order valence-corrected chi connectivity index (χ0v) is 24.6. The van der Waals surface area contributed by atoms with Crippen LogP contribution >= 0.6 is 11.6 Å². The summed E-state index contributed by atoms with van der Waals surface area (Å²) in [5, 5.41) is 3.64. The lowest BCUT2D eigenvalue weighted by atomic mass is 9.94. The fraction of sp³-hybridized carbons (Fsp3) is 0.355. The van der Waals surface area contributed by atoms with Gasteiger partial charge in [0.15, 0.2) is 0 Å². The van der Waals surface area contributed by atoms with E-state index in [1.165, 1.54) is 17.0 Å². The van der Waals surface area contributed by atoms with Crippen molar-refractivity contribution in [1.82, 2.24) is 10.2 Å². The van der Waals surface area contributed by atoms with Crippen molar-refractivity contribution in [2.75, 3.05) is 17.1 Å². The third-order valence-corrected chi connectivity index (χ3v) is 8.63. The van der Waals surface area contributed by atoms with Gasteiger partial charge in [0.25, 0.3) is 0 Å². The molecule has 0 saturated heterocycles. The monoisotopic (exact) mass is 599 g/mol. The van der Waals surface area contributed by atoms with E-state index in [0.717, 1.165) is 60.4 Å². The van der Waals surface area contributed by atoms with Crippen LogP contribution in [0.5, 0.6) is 0 Å². The van der Waals surface area contributed by atoms with E-state index in [4.69, 9.17) is 11.6 Å². The molecule has 0 spiro atoms. The highest BCUT2D eigenvalue weighted by Crippen LogP contribution is 2.23. The first-order valence-electron chi connectivity index (χ1n) is 13.7. The highest BCUT2D eigenvalue weighted by Gasteiger charge is 2.34. The van der Waals surface area contributed by atoms with Gasteiger partial charge in [0.1, 0.15) is 18.4 Å². The third-order valence-electron chi connectivity index (χ3n) is 7.26. The Morgan fingerprint density at radius 1 is 0.951 bits per heavy atom. The van der Waals surface area contributed by atoms with Gasteiger partial charge in [0, 0.05) is 24.0 Å². The number of hydrogen-bond acceptors (Lipinski definition) is 4. The second kappa shape index (κ2) is 14.0. The van der Waals surface area contributed by atoms with E-state index in [-0.39, 0.29) is 30.6 Å². The average molecular weight is 600 g/mol. The standard InChI is InChI=1S/C31H35ClFN3O4S/c1-41(39,40)36(28-17-15-26(33)16-18-28)22-30(37)35(21-24-11-8-12-25(32)19-24)29(20-23-9-4-2-5-10-23)31(38)34-27-13-6-3-7-14-27/h2,4-5,8-12,15-19,27,29H,3,6-7,13-14,20-22H2,1H3,(H,34,38). The summed E-state index contributed by atoms with van der Waals surface area (Å²) in [4.78, 5) is 29.4. The smallest absolute Gasteiger partial charge is 0.244 e. The largest absolute Gasteiger partial charge is 0.352 e. The van der Waals surface area contributed by atoms with Gasteiger partial charge in [-0.1, -0.05) is 73.3 Å². The van der Waals surface area contributed by atoms with Crippen molar-refractivity contribution in [2.45, 2.75) is 57.2 Å². The molecule has 1 fully saturated rings. The van der Waals surface area contributed by atoms with Crippen molar-refractivity contribution in [2.24, 2.45) is 0 Å². The molecular weight excluding hydrogens is 565 g/mol. The summed E-state index contributed by atoms with van der Waals surface area (Å²) >= 11 is 6.24. The number of sulfonamides is 1. The molecule has 2 amide bonds. The van der Waals surface area contributed by atoms with Crippen LogP contribution in [0, 0.1) is 5.82 Å². The fourth-order valence-corrected chi connectivity index (χ4v) is 6.21. The van der Waals surface area contributed by atoms with E-state index in [1.54, 1.807) is 24.3 Å². The lowest BCUT2D eigenvalue weighted by Gasteiger charge is -2.35. The Balaban J connectivity index is 1.71. The minimum Gasteiger partial charge on any atom is -0.352 e. The van der Waals surface area contributed by atoms with Gasteiger partial charge < -0.3 is 10.2 Å². The third kappa shape index (κ3) is 8.78. The summed E-state index contributed by atoms with van der Waals surface area (Å²) in [7, 11) is -3.92. The van der Waals surface area contributed by atoms with Crippen LogP contribution in [0.3, 0.4) is 0 Å². The molecule has 1 saturated carbocycles. The molecule has 3 aromatic carbocycles. The van der Waals surface area contributed by atoms with Crippen molar-refractivity contribution >= 4 is 39.1 Å².